The molecular weight excluding hydrogens is 240 g/mol. The van der Waals surface area contributed by atoms with Gasteiger partial charge in [-0.3, -0.25) is 4.79 Å². The van der Waals surface area contributed by atoms with Gasteiger partial charge in [-0.05, 0) is 25.3 Å². The monoisotopic (exact) mass is 262 g/mol. The van der Waals surface area contributed by atoms with E-state index in [1.807, 2.05) is 18.2 Å². The van der Waals surface area contributed by atoms with E-state index in [2.05, 4.69) is 29.7 Å². The Labute approximate surface area is 114 Å². The van der Waals surface area contributed by atoms with E-state index in [0.717, 1.165) is 26.1 Å². The highest BCUT2D eigenvalue weighted by Gasteiger charge is 2.16. The molecule has 19 heavy (non-hydrogen) atoms. The first kappa shape index (κ1) is 14.0. The lowest BCUT2D eigenvalue weighted by Gasteiger charge is -2.23. The molecule has 4 heteroatoms. The molecule has 0 aliphatic carbocycles. The maximum Gasteiger partial charge on any atom is 0.234 e. The molecule has 0 bridgehead atoms. The van der Waals surface area contributed by atoms with E-state index in [4.69, 9.17) is 4.74 Å². The fourth-order valence-corrected chi connectivity index (χ4v) is 2.23. The van der Waals surface area contributed by atoms with Gasteiger partial charge in [-0.15, -0.1) is 0 Å². The summed E-state index contributed by atoms with van der Waals surface area (Å²) in [7, 11) is 0. The van der Waals surface area contributed by atoms with Crippen LogP contribution < -0.4 is 10.6 Å². The number of nitrogens with one attached hydrogen (secondary N) is 2. The molecule has 1 saturated heterocycles. The first-order valence-electron chi connectivity index (χ1n) is 6.91. The number of amides is 1. The summed E-state index contributed by atoms with van der Waals surface area (Å²) in [5.41, 5.74) is 1.20. The second-order valence-corrected chi connectivity index (χ2v) is 4.97. The molecule has 1 heterocycles. The molecule has 0 spiro atoms. The minimum absolute atomic E-state index is 0.0645. The highest BCUT2D eigenvalue weighted by atomic mass is 16.5. The zero-order valence-corrected chi connectivity index (χ0v) is 11.4. The van der Waals surface area contributed by atoms with Crippen LogP contribution in [0.3, 0.4) is 0 Å². The SMILES string of the molecule is CC(NCC(=O)NC1CCOCC1)c1ccccc1. The summed E-state index contributed by atoms with van der Waals surface area (Å²) in [6, 6.07) is 10.6. The van der Waals surface area contributed by atoms with Crippen LogP contribution in [0.25, 0.3) is 0 Å². The molecule has 1 aliphatic heterocycles. The number of ether oxygens (including phenoxy) is 1. The number of carbonyl (C=O) groups excluding carboxylic acids is 1. The molecular formula is C15H22N2O2. The first-order valence-corrected chi connectivity index (χ1v) is 6.91. The smallest absolute Gasteiger partial charge is 0.234 e. The van der Waals surface area contributed by atoms with Crippen molar-refractivity contribution in [1.29, 1.82) is 0 Å². The van der Waals surface area contributed by atoms with Crippen LogP contribution >= 0.6 is 0 Å². The van der Waals surface area contributed by atoms with Crippen LogP contribution in [0, 0.1) is 0 Å². The van der Waals surface area contributed by atoms with Crippen LogP contribution in [0.1, 0.15) is 31.4 Å². The van der Waals surface area contributed by atoms with Crippen LogP contribution in [0.15, 0.2) is 30.3 Å². The fourth-order valence-electron chi connectivity index (χ4n) is 2.23. The molecule has 0 aromatic heterocycles. The Hall–Kier alpha value is -1.39. The Bertz CT molecular complexity index is 388. The number of hydrogen-bond acceptors (Lipinski definition) is 3. The lowest BCUT2D eigenvalue weighted by molar-refractivity contribution is -0.121. The molecule has 104 valence electrons. The molecule has 4 nitrogen and oxygen atoms in total. The highest BCUT2D eigenvalue weighted by Crippen LogP contribution is 2.10. The number of rotatable bonds is 5. The summed E-state index contributed by atoms with van der Waals surface area (Å²) in [6.45, 7) is 3.92. The van der Waals surface area contributed by atoms with Crippen LogP contribution in [0.2, 0.25) is 0 Å². The van der Waals surface area contributed by atoms with Gasteiger partial charge >= 0.3 is 0 Å². The predicted molar refractivity (Wildman–Crippen MR) is 74.8 cm³/mol. The van der Waals surface area contributed by atoms with Crippen LogP contribution in [-0.2, 0) is 9.53 Å². The third-order valence-corrected chi connectivity index (χ3v) is 3.45. The van der Waals surface area contributed by atoms with E-state index in [1.165, 1.54) is 5.56 Å². The summed E-state index contributed by atoms with van der Waals surface area (Å²) < 4.78 is 5.27. The van der Waals surface area contributed by atoms with Crippen LogP contribution in [0.5, 0.6) is 0 Å². The number of carbonyl (C=O) groups is 1. The lowest BCUT2D eigenvalue weighted by Crippen LogP contribution is -2.43. The van der Waals surface area contributed by atoms with Crippen LogP contribution in [-0.4, -0.2) is 31.7 Å². The molecule has 1 amide bonds. The van der Waals surface area contributed by atoms with Gasteiger partial charge < -0.3 is 15.4 Å². The third-order valence-electron chi connectivity index (χ3n) is 3.45. The standard InChI is InChI=1S/C15H22N2O2/c1-12(13-5-3-2-4-6-13)16-11-15(18)17-14-7-9-19-10-8-14/h2-6,12,14,16H,7-11H2,1H3,(H,17,18). The Morgan fingerprint density at radius 2 is 2.00 bits per heavy atom. The van der Waals surface area contributed by atoms with Crippen molar-refractivity contribution < 1.29 is 9.53 Å². The van der Waals surface area contributed by atoms with E-state index in [-0.39, 0.29) is 18.0 Å². The van der Waals surface area contributed by atoms with Crippen LogP contribution in [0.4, 0.5) is 0 Å². The van der Waals surface area contributed by atoms with E-state index < -0.39 is 0 Å². The van der Waals surface area contributed by atoms with Gasteiger partial charge in [0.15, 0.2) is 0 Å². The fraction of sp³-hybridized carbons (Fsp3) is 0.533. The Morgan fingerprint density at radius 3 is 2.68 bits per heavy atom. The van der Waals surface area contributed by atoms with Gasteiger partial charge in [0, 0.05) is 25.3 Å². The minimum atomic E-state index is 0.0645. The maximum absolute atomic E-state index is 11.8. The van der Waals surface area contributed by atoms with Crippen molar-refractivity contribution in [3.05, 3.63) is 35.9 Å². The number of hydrogen-bond donors (Lipinski definition) is 2. The minimum Gasteiger partial charge on any atom is -0.381 e. The molecule has 1 aromatic rings. The van der Waals surface area contributed by atoms with E-state index in [9.17, 15) is 4.79 Å². The summed E-state index contributed by atoms with van der Waals surface area (Å²) in [4.78, 5) is 11.8. The summed E-state index contributed by atoms with van der Waals surface area (Å²) in [6.07, 6.45) is 1.83. The average molecular weight is 262 g/mol. The molecule has 1 unspecified atom stereocenters. The topological polar surface area (TPSA) is 50.4 Å². The highest BCUT2D eigenvalue weighted by molar-refractivity contribution is 5.78. The van der Waals surface area contributed by atoms with E-state index in [0.29, 0.717) is 6.54 Å². The Kier molecular flexibility index (Phi) is 5.36. The second kappa shape index (κ2) is 7.26. The van der Waals surface area contributed by atoms with Crippen molar-refractivity contribution in [2.24, 2.45) is 0 Å². The summed E-state index contributed by atoms with van der Waals surface area (Å²) in [5, 5.41) is 6.29. The second-order valence-electron chi connectivity index (χ2n) is 4.97. The largest absolute Gasteiger partial charge is 0.381 e. The summed E-state index contributed by atoms with van der Waals surface area (Å²) in [5.74, 6) is 0.0645. The molecule has 0 radical (unpaired) electrons. The molecule has 2 N–H and O–H groups in total. The van der Waals surface area contributed by atoms with Gasteiger partial charge in [0.2, 0.25) is 5.91 Å². The lowest BCUT2D eigenvalue weighted by atomic mass is 10.1. The molecule has 1 aliphatic rings. The zero-order valence-electron chi connectivity index (χ0n) is 11.4. The third kappa shape index (κ3) is 4.65. The molecule has 1 aromatic carbocycles. The van der Waals surface area contributed by atoms with Crippen molar-refractivity contribution in [3.8, 4) is 0 Å². The van der Waals surface area contributed by atoms with E-state index >= 15 is 0 Å². The van der Waals surface area contributed by atoms with Gasteiger partial charge in [-0.1, -0.05) is 30.3 Å². The normalized spacial score (nSPS) is 17.9. The zero-order chi connectivity index (χ0) is 13.5. The predicted octanol–water partition coefficient (Wildman–Crippen LogP) is 1.63. The van der Waals surface area contributed by atoms with E-state index in [1.54, 1.807) is 0 Å². The Morgan fingerprint density at radius 1 is 1.32 bits per heavy atom. The molecule has 1 fully saturated rings. The van der Waals surface area contributed by atoms with Gasteiger partial charge in [-0.25, -0.2) is 0 Å². The van der Waals surface area contributed by atoms with Crippen molar-refractivity contribution in [2.45, 2.75) is 31.8 Å². The molecule has 2 rings (SSSR count). The van der Waals surface area contributed by atoms with Crippen molar-refractivity contribution in [3.63, 3.8) is 0 Å². The molecule has 0 saturated carbocycles. The maximum atomic E-state index is 11.8. The average Bonchev–Trinajstić information content (AvgIpc) is 2.47. The van der Waals surface area contributed by atoms with Crippen molar-refractivity contribution >= 4 is 5.91 Å². The first-order chi connectivity index (χ1) is 9.25. The van der Waals surface area contributed by atoms with Crippen molar-refractivity contribution in [2.75, 3.05) is 19.8 Å². The number of benzene rings is 1. The van der Waals surface area contributed by atoms with Gasteiger partial charge in [0.25, 0.3) is 0 Å². The van der Waals surface area contributed by atoms with Gasteiger partial charge in [-0.2, -0.15) is 0 Å². The van der Waals surface area contributed by atoms with Gasteiger partial charge in [0.05, 0.1) is 6.54 Å². The quantitative estimate of drug-likeness (QED) is 0.848. The summed E-state index contributed by atoms with van der Waals surface area (Å²) >= 11 is 0. The van der Waals surface area contributed by atoms with Crippen molar-refractivity contribution in [1.82, 2.24) is 10.6 Å². The van der Waals surface area contributed by atoms with Gasteiger partial charge in [0.1, 0.15) is 0 Å². The molecule has 1 atom stereocenters. The Balaban J connectivity index is 1.71.